The van der Waals surface area contributed by atoms with Gasteiger partial charge in [0.2, 0.25) is 0 Å². The van der Waals surface area contributed by atoms with Crippen LogP contribution in [0.5, 0.6) is 0 Å². The molecule has 0 aliphatic rings. The minimum Gasteiger partial charge on any atom is -0.330 e. The van der Waals surface area contributed by atoms with Gasteiger partial charge in [0.15, 0.2) is 0 Å². The van der Waals surface area contributed by atoms with Gasteiger partial charge >= 0.3 is 0 Å². The van der Waals surface area contributed by atoms with Crippen molar-refractivity contribution in [3.8, 4) is 0 Å². The molecular formula is C13H19F2N. The lowest BCUT2D eigenvalue weighted by atomic mass is 9.83. The van der Waals surface area contributed by atoms with Crippen molar-refractivity contribution in [3.63, 3.8) is 0 Å². The van der Waals surface area contributed by atoms with E-state index in [1.807, 2.05) is 0 Å². The maximum Gasteiger partial charge on any atom is 0.129 e. The average molecular weight is 227 g/mol. The highest BCUT2D eigenvalue weighted by Crippen LogP contribution is 2.26. The summed E-state index contributed by atoms with van der Waals surface area (Å²) >= 11 is 0. The van der Waals surface area contributed by atoms with Crippen molar-refractivity contribution in [1.29, 1.82) is 0 Å². The van der Waals surface area contributed by atoms with Gasteiger partial charge in [0.1, 0.15) is 11.6 Å². The van der Waals surface area contributed by atoms with Crippen molar-refractivity contribution in [2.75, 3.05) is 6.54 Å². The van der Waals surface area contributed by atoms with E-state index >= 15 is 0 Å². The molecule has 16 heavy (non-hydrogen) atoms. The predicted molar refractivity (Wildman–Crippen MR) is 62.1 cm³/mol. The van der Waals surface area contributed by atoms with Crippen LogP contribution in [0.2, 0.25) is 0 Å². The second kappa shape index (κ2) is 5.39. The molecule has 0 amide bonds. The van der Waals surface area contributed by atoms with Gasteiger partial charge in [-0.25, -0.2) is 8.78 Å². The fourth-order valence-electron chi connectivity index (χ4n) is 1.71. The van der Waals surface area contributed by atoms with Crippen molar-refractivity contribution >= 4 is 0 Å². The molecule has 1 aromatic carbocycles. The molecule has 0 aliphatic heterocycles. The molecule has 0 bridgehead atoms. The maximum atomic E-state index is 13.3. The first-order valence-electron chi connectivity index (χ1n) is 5.58. The van der Waals surface area contributed by atoms with Crippen LogP contribution in [0, 0.1) is 17.0 Å². The fourth-order valence-corrected chi connectivity index (χ4v) is 1.71. The summed E-state index contributed by atoms with van der Waals surface area (Å²) in [5.74, 6) is -0.981. The zero-order valence-corrected chi connectivity index (χ0v) is 9.89. The molecule has 0 saturated heterocycles. The molecule has 0 radical (unpaired) electrons. The number of hydrogen-bond acceptors (Lipinski definition) is 1. The molecule has 0 saturated carbocycles. The highest BCUT2D eigenvalue weighted by atomic mass is 19.1. The largest absolute Gasteiger partial charge is 0.330 e. The number of rotatable bonds is 5. The Hall–Kier alpha value is -0.960. The van der Waals surface area contributed by atoms with E-state index in [4.69, 9.17) is 5.73 Å². The van der Waals surface area contributed by atoms with Gasteiger partial charge in [-0.15, -0.1) is 0 Å². The summed E-state index contributed by atoms with van der Waals surface area (Å²) < 4.78 is 26.0. The zero-order valence-electron chi connectivity index (χ0n) is 9.89. The first-order valence-corrected chi connectivity index (χ1v) is 5.58. The highest BCUT2D eigenvalue weighted by Gasteiger charge is 2.17. The second-order valence-electron chi connectivity index (χ2n) is 4.94. The number of benzene rings is 1. The van der Waals surface area contributed by atoms with E-state index in [0.29, 0.717) is 18.5 Å². The first kappa shape index (κ1) is 13.1. The molecule has 90 valence electrons. The Labute approximate surface area is 95.7 Å². The molecule has 3 heteroatoms. The second-order valence-corrected chi connectivity index (χ2v) is 4.94. The van der Waals surface area contributed by atoms with E-state index in [0.717, 1.165) is 18.9 Å². The molecule has 2 N–H and O–H groups in total. The van der Waals surface area contributed by atoms with Crippen LogP contribution >= 0.6 is 0 Å². The molecule has 0 atom stereocenters. The molecular weight excluding hydrogens is 208 g/mol. The number of nitrogens with two attached hydrogens (primary N) is 1. The molecule has 0 spiro atoms. The quantitative estimate of drug-likeness (QED) is 0.820. The average Bonchev–Trinajstić information content (AvgIpc) is 2.16. The Morgan fingerprint density at radius 1 is 1.19 bits per heavy atom. The van der Waals surface area contributed by atoms with Gasteiger partial charge in [0.25, 0.3) is 0 Å². The summed E-state index contributed by atoms with van der Waals surface area (Å²) in [4.78, 5) is 0. The molecule has 0 aromatic heterocycles. The minimum atomic E-state index is -0.525. The van der Waals surface area contributed by atoms with Gasteiger partial charge in [-0.05, 0) is 42.9 Å². The van der Waals surface area contributed by atoms with Gasteiger partial charge in [-0.3, -0.25) is 0 Å². The maximum absolute atomic E-state index is 13.3. The highest BCUT2D eigenvalue weighted by molar-refractivity contribution is 5.18. The zero-order chi connectivity index (χ0) is 12.2. The standard InChI is InChI=1S/C13H19F2N/c1-13(2,7-8-16)6-5-10-3-4-11(14)9-12(10)15/h3-4,9H,5-8,16H2,1-2H3. The third-order valence-corrected chi connectivity index (χ3v) is 2.91. The van der Waals surface area contributed by atoms with Crippen LogP contribution in [0.1, 0.15) is 32.3 Å². The molecule has 0 unspecified atom stereocenters. The van der Waals surface area contributed by atoms with Crippen LogP contribution in [0.3, 0.4) is 0 Å². The lowest BCUT2D eigenvalue weighted by Crippen LogP contribution is -2.18. The molecule has 1 rings (SSSR count). The molecule has 0 aliphatic carbocycles. The van der Waals surface area contributed by atoms with Crippen molar-refractivity contribution in [1.82, 2.24) is 0 Å². The summed E-state index contributed by atoms with van der Waals surface area (Å²) in [6.45, 7) is 4.86. The topological polar surface area (TPSA) is 26.0 Å². The van der Waals surface area contributed by atoms with Crippen LogP contribution < -0.4 is 5.73 Å². The van der Waals surface area contributed by atoms with Crippen LogP contribution in [0.15, 0.2) is 18.2 Å². The van der Waals surface area contributed by atoms with Gasteiger partial charge in [0.05, 0.1) is 0 Å². The molecule has 1 aromatic rings. The number of halogens is 2. The Bertz CT molecular complexity index is 348. The first-order chi connectivity index (χ1) is 7.44. The van der Waals surface area contributed by atoms with Crippen LogP contribution in [-0.2, 0) is 6.42 Å². The summed E-state index contributed by atoms with van der Waals surface area (Å²) in [6, 6.07) is 3.75. The van der Waals surface area contributed by atoms with Crippen LogP contribution in [-0.4, -0.2) is 6.54 Å². The summed E-state index contributed by atoms with van der Waals surface area (Å²) in [5, 5.41) is 0. The summed E-state index contributed by atoms with van der Waals surface area (Å²) in [6.07, 6.45) is 2.39. The molecule has 0 heterocycles. The van der Waals surface area contributed by atoms with Crippen molar-refractivity contribution in [2.24, 2.45) is 11.1 Å². The molecule has 0 fully saturated rings. The Morgan fingerprint density at radius 2 is 1.88 bits per heavy atom. The number of aryl methyl sites for hydroxylation is 1. The van der Waals surface area contributed by atoms with E-state index in [1.54, 1.807) is 0 Å². The predicted octanol–water partition coefficient (Wildman–Crippen LogP) is 3.27. The third-order valence-electron chi connectivity index (χ3n) is 2.91. The van der Waals surface area contributed by atoms with E-state index < -0.39 is 11.6 Å². The van der Waals surface area contributed by atoms with E-state index in [1.165, 1.54) is 12.1 Å². The van der Waals surface area contributed by atoms with Gasteiger partial charge in [-0.2, -0.15) is 0 Å². The van der Waals surface area contributed by atoms with Crippen LogP contribution in [0.4, 0.5) is 8.78 Å². The van der Waals surface area contributed by atoms with Gasteiger partial charge in [0, 0.05) is 6.07 Å². The fraction of sp³-hybridized carbons (Fsp3) is 0.538. The van der Waals surface area contributed by atoms with Crippen molar-refractivity contribution < 1.29 is 8.78 Å². The smallest absolute Gasteiger partial charge is 0.129 e. The minimum absolute atomic E-state index is 0.107. The summed E-state index contributed by atoms with van der Waals surface area (Å²) in [5.41, 5.74) is 6.19. The van der Waals surface area contributed by atoms with Gasteiger partial charge < -0.3 is 5.73 Å². The Morgan fingerprint density at radius 3 is 2.44 bits per heavy atom. The van der Waals surface area contributed by atoms with Crippen molar-refractivity contribution in [2.45, 2.75) is 33.1 Å². The van der Waals surface area contributed by atoms with E-state index in [-0.39, 0.29) is 5.41 Å². The lowest BCUT2D eigenvalue weighted by molar-refractivity contribution is 0.312. The lowest BCUT2D eigenvalue weighted by Gasteiger charge is -2.23. The third kappa shape index (κ3) is 3.89. The number of hydrogen-bond donors (Lipinski definition) is 1. The van der Waals surface area contributed by atoms with E-state index in [9.17, 15) is 8.78 Å². The normalized spacial score (nSPS) is 11.8. The monoisotopic (exact) mass is 227 g/mol. The SMILES string of the molecule is CC(C)(CCN)CCc1ccc(F)cc1F. The van der Waals surface area contributed by atoms with Gasteiger partial charge in [-0.1, -0.05) is 19.9 Å². The van der Waals surface area contributed by atoms with E-state index in [2.05, 4.69) is 13.8 Å². The Balaban J connectivity index is 2.61. The van der Waals surface area contributed by atoms with Crippen LogP contribution in [0.25, 0.3) is 0 Å². The molecule has 1 nitrogen and oxygen atoms in total. The van der Waals surface area contributed by atoms with Crippen molar-refractivity contribution in [3.05, 3.63) is 35.4 Å². The Kier molecular flexibility index (Phi) is 4.42. The summed E-state index contributed by atoms with van der Waals surface area (Å²) in [7, 11) is 0.